The molecule has 0 aliphatic rings. The molecule has 0 spiro atoms. The Kier molecular flexibility index (Phi) is 4.88. The van der Waals surface area contributed by atoms with Crippen LogP contribution in [0.15, 0.2) is 94.2 Å². The monoisotopic (exact) mass is 357 g/mol. The van der Waals surface area contributed by atoms with E-state index in [-0.39, 0.29) is 5.91 Å². The van der Waals surface area contributed by atoms with Crippen LogP contribution in [0.4, 0.5) is 0 Å². The molecule has 0 fully saturated rings. The zero-order valence-electron chi connectivity index (χ0n) is 14.7. The molecule has 0 unspecified atom stereocenters. The Bertz CT molecular complexity index is 1000. The Hall–Kier alpha value is -3.53. The molecule has 4 rings (SSSR count). The van der Waals surface area contributed by atoms with Crippen LogP contribution in [0.5, 0.6) is 0 Å². The van der Waals surface area contributed by atoms with Crippen molar-refractivity contribution in [1.29, 1.82) is 0 Å². The van der Waals surface area contributed by atoms with Crippen LogP contribution >= 0.6 is 0 Å². The van der Waals surface area contributed by atoms with Gasteiger partial charge in [-0.2, -0.15) is 0 Å². The number of fused-ring (bicyclic) bond motifs is 1. The van der Waals surface area contributed by atoms with E-state index >= 15 is 0 Å². The first-order valence-electron chi connectivity index (χ1n) is 8.79. The minimum Gasteiger partial charge on any atom is -0.467 e. The molecule has 0 saturated heterocycles. The van der Waals surface area contributed by atoms with Gasteiger partial charge in [0.1, 0.15) is 11.5 Å². The second kappa shape index (κ2) is 7.79. The summed E-state index contributed by atoms with van der Waals surface area (Å²) in [6.45, 7) is 0.763. The van der Waals surface area contributed by atoms with Gasteiger partial charge in [-0.15, -0.1) is 0 Å². The summed E-state index contributed by atoms with van der Waals surface area (Å²) in [4.78, 5) is 14.6. The fraction of sp³-hybridized carbons (Fsp3) is 0.0870. The average Bonchev–Trinajstić information content (AvgIpc) is 3.40. The Morgan fingerprint density at radius 2 is 1.48 bits per heavy atom. The SMILES string of the molecule is O=C(/C=C/c1cccc2ccccc12)N(Cc1ccco1)Cc1ccco1. The van der Waals surface area contributed by atoms with Gasteiger partial charge in [0.25, 0.3) is 0 Å². The van der Waals surface area contributed by atoms with E-state index in [0.29, 0.717) is 13.1 Å². The highest BCUT2D eigenvalue weighted by molar-refractivity contribution is 5.96. The van der Waals surface area contributed by atoms with E-state index in [1.807, 2.05) is 54.6 Å². The summed E-state index contributed by atoms with van der Waals surface area (Å²) in [6, 6.07) is 21.6. The predicted molar refractivity (Wildman–Crippen MR) is 105 cm³/mol. The number of nitrogens with zero attached hydrogens (tertiary/aromatic N) is 1. The number of carbonyl (C=O) groups is 1. The maximum absolute atomic E-state index is 12.9. The molecule has 2 aromatic carbocycles. The van der Waals surface area contributed by atoms with E-state index in [2.05, 4.69) is 18.2 Å². The molecule has 0 N–H and O–H groups in total. The second-order valence-electron chi connectivity index (χ2n) is 6.25. The van der Waals surface area contributed by atoms with Crippen LogP contribution in [-0.4, -0.2) is 10.8 Å². The van der Waals surface area contributed by atoms with Gasteiger partial charge in [0, 0.05) is 6.08 Å². The maximum atomic E-state index is 12.9. The lowest BCUT2D eigenvalue weighted by Crippen LogP contribution is -2.28. The number of hydrogen-bond donors (Lipinski definition) is 0. The minimum atomic E-state index is -0.101. The van der Waals surface area contributed by atoms with Crippen molar-refractivity contribution >= 4 is 22.8 Å². The van der Waals surface area contributed by atoms with Crippen molar-refractivity contribution < 1.29 is 13.6 Å². The topological polar surface area (TPSA) is 46.6 Å². The first-order chi connectivity index (χ1) is 13.3. The van der Waals surface area contributed by atoms with Crippen molar-refractivity contribution in [3.05, 3.63) is 102 Å². The van der Waals surface area contributed by atoms with Crippen LogP contribution in [-0.2, 0) is 17.9 Å². The highest BCUT2D eigenvalue weighted by Gasteiger charge is 2.15. The molecule has 0 aliphatic carbocycles. The highest BCUT2D eigenvalue weighted by Crippen LogP contribution is 2.20. The van der Waals surface area contributed by atoms with Crippen molar-refractivity contribution in [3.8, 4) is 0 Å². The van der Waals surface area contributed by atoms with E-state index in [1.165, 1.54) is 0 Å². The van der Waals surface area contributed by atoms with Crippen molar-refractivity contribution in [3.63, 3.8) is 0 Å². The Labute approximate surface area is 157 Å². The average molecular weight is 357 g/mol. The highest BCUT2D eigenvalue weighted by atomic mass is 16.3. The summed E-state index contributed by atoms with van der Waals surface area (Å²) in [5.41, 5.74) is 1.01. The van der Waals surface area contributed by atoms with E-state index < -0.39 is 0 Å². The van der Waals surface area contributed by atoms with Crippen molar-refractivity contribution in [2.45, 2.75) is 13.1 Å². The minimum absolute atomic E-state index is 0.101. The van der Waals surface area contributed by atoms with Gasteiger partial charge in [0.15, 0.2) is 0 Å². The largest absolute Gasteiger partial charge is 0.467 e. The lowest BCUT2D eigenvalue weighted by atomic mass is 10.0. The van der Waals surface area contributed by atoms with Gasteiger partial charge < -0.3 is 13.7 Å². The molecular weight excluding hydrogens is 338 g/mol. The van der Waals surface area contributed by atoms with E-state index in [9.17, 15) is 4.79 Å². The van der Waals surface area contributed by atoms with Crippen molar-refractivity contribution in [2.24, 2.45) is 0 Å². The fourth-order valence-electron chi connectivity index (χ4n) is 3.06. The summed E-state index contributed by atoms with van der Waals surface area (Å²) in [5.74, 6) is 1.36. The summed E-state index contributed by atoms with van der Waals surface area (Å²) in [6.07, 6.45) is 6.68. The first-order valence-corrected chi connectivity index (χ1v) is 8.79. The van der Waals surface area contributed by atoms with Gasteiger partial charge in [-0.1, -0.05) is 42.5 Å². The molecule has 0 radical (unpaired) electrons. The number of amides is 1. The Morgan fingerprint density at radius 1 is 0.815 bits per heavy atom. The van der Waals surface area contributed by atoms with Crippen LogP contribution < -0.4 is 0 Å². The van der Waals surface area contributed by atoms with Crippen LogP contribution in [0, 0.1) is 0 Å². The molecule has 0 aliphatic heterocycles. The van der Waals surface area contributed by atoms with Gasteiger partial charge >= 0.3 is 0 Å². The molecular formula is C23H19NO3. The predicted octanol–water partition coefficient (Wildman–Crippen LogP) is 5.27. The number of carbonyl (C=O) groups excluding carboxylic acids is 1. The molecule has 134 valence electrons. The second-order valence-corrected chi connectivity index (χ2v) is 6.25. The number of hydrogen-bond acceptors (Lipinski definition) is 3. The number of benzene rings is 2. The Morgan fingerprint density at radius 3 is 2.15 bits per heavy atom. The van der Waals surface area contributed by atoms with Crippen LogP contribution in [0.25, 0.3) is 16.8 Å². The van der Waals surface area contributed by atoms with E-state index in [0.717, 1.165) is 27.9 Å². The normalized spacial score (nSPS) is 11.3. The van der Waals surface area contributed by atoms with Gasteiger partial charge in [0.2, 0.25) is 5.91 Å². The van der Waals surface area contributed by atoms with Gasteiger partial charge in [-0.3, -0.25) is 4.79 Å². The van der Waals surface area contributed by atoms with Crippen LogP contribution in [0.3, 0.4) is 0 Å². The first kappa shape index (κ1) is 16.9. The molecule has 4 aromatic rings. The van der Waals surface area contributed by atoms with Gasteiger partial charge in [0.05, 0.1) is 25.6 Å². The van der Waals surface area contributed by atoms with Gasteiger partial charge in [-0.25, -0.2) is 0 Å². The molecule has 27 heavy (non-hydrogen) atoms. The van der Waals surface area contributed by atoms with E-state index in [1.54, 1.807) is 23.5 Å². The van der Waals surface area contributed by atoms with Gasteiger partial charge in [-0.05, 0) is 46.7 Å². The maximum Gasteiger partial charge on any atom is 0.247 e. The van der Waals surface area contributed by atoms with Crippen LogP contribution in [0.1, 0.15) is 17.1 Å². The third-order valence-electron chi connectivity index (χ3n) is 4.39. The molecule has 0 atom stereocenters. The lowest BCUT2D eigenvalue weighted by molar-refractivity contribution is -0.127. The third-order valence-corrected chi connectivity index (χ3v) is 4.39. The zero-order valence-corrected chi connectivity index (χ0v) is 14.7. The number of rotatable bonds is 6. The van der Waals surface area contributed by atoms with Crippen molar-refractivity contribution in [2.75, 3.05) is 0 Å². The smallest absolute Gasteiger partial charge is 0.247 e. The molecule has 4 nitrogen and oxygen atoms in total. The zero-order chi connectivity index (χ0) is 18.5. The van der Waals surface area contributed by atoms with Crippen molar-refractivity contribution in [1.82, 2.24) is 4.90 Å². The fourth-order valence-corrected chi connectivity index (χ4v) is 3.06. The quantitative estimate of drug-likeness (QED) is 0.442. The summed E-state index contributed by atoms with van der Waals surface area (Å²) in [5, 5.41) is 2.27. The molecule has 0 bridgehead atoms. The summed E-state index contributed by atoms with van der Waals surface area (Å²) >= 11 is 0. The Balaban J connectivity index is 1.57. The summed E-state index contributed by atoms with van der Waals surface area (Å²) < 4.78 is 10.8. The molecule has 0 saturated carbocycles. The lowest BCUT2D eigenvalue weighted by Gasteiger charge is -2.18. The molecule has 2 heterocycles. The van der Waals surface area contributed by atoms with Crippen LogP contribution in [0.2, 0.25) is 0 Å². The standard InChI is InChI=1S/C23H19NO3/c25-23(13-12-19-8-3-7-18-6-1-2-11-22(18)19)24(16-20-9-4-14-26-20)17-21-10-5-15-27-21/h1-15H,16-17H2/b13-12+. The molecule has 4 heteroatoms. The number of furan rings is 2. The molecule has 2 aromatic heterocycles. The van der Waals surface area contributed by atoms with E-state index in [4.69, 9.17) is 8.83 Å². The molecule has 1 amide bonds. The summed E-state index contributed by atoms with van der Waals surface area (Å²) in [7, 11) is 0. The third kappa shape index (κ3) is 4.01.